The van der Waals surface area contributed by atoms with E-state index in [-0.39, 0.29) is 12.1 Å². The highest BCUT2D eigenvalue weighted by atomic mass is 32.2. The first-order chi connectivity index (χ1) is 13.3. The Morgan fingerprint density at radius 2 is 1.93 bits per heavy atom. The number of hydrogen-bond donors (Lipinski definition) is 2. The third-order valence-corrected chi connectivity index (χ3v) is 4.74. The van der Waals surface area contributed by atoms with Gasteiger partial charge in [0, 0.05) is 41.5 Å². The first kappa shape index (κ1) is 20.2. The third-order valence-electron chi connectivity index (χ3n) is 4.04. The number of rotatable bonds is 6. The number of anilines is 1. The number of nitrogens with zero attached hydrogens (tertiary/aromatic N) is 2. The van der Waals surface area contributed by atoms with Gasteiger partial charge in [0.15, 0.2) is 0 Å². The van der Waals surface area contributed by atoms with Gasteiger partial charge in [-0.05, 0) is 49.3 Å². The molecular weight excluding hydrogens is 392 g/mol. The van der Waals surface area contributed by atoms with Crippen LogP contribution in [0.2, 0.25) is 0 Å². The first-order valence-corrected chi connectivity index (χ1v) is 9.15. The van der Waals surface area contributed by atoms with Crippen LogP contribution >= 0.6 is 11.9 Å². The second kappa shape index (κ2) is 8.24. The summed E-state index contributed by atoms with van der Waals surface area (Å²) in [4.78, 5) is 5.32. The summed E-state index contributed by atoms with van der Waals surface area (Å²) in [5.41, 5.74) is 1.40. The van der Waals surface area contributed by atoms with Crippen LogP contribution in [0.25, 0.3) is 11.3 Å². The summed E-state index contributed by atoms with van der Waals surface area (Å²) in [5, 5.41) is 3.11. The SMILES string of the molecule is CNSc1ccc(NCc2ccc(C(F)(F)F)cc2F)c(-c2cn(C)cn2)c1. The maximum Gasteiger partial charge on any atom is 0.416 e. The van der Waals surface area contributed by atoms with Crippen LogP contribution in [-0.2, 0) is 19.8 Å². The number of halogens is 4. The maximum absolute atomic E-state index is 14.1. The van der Waals surface area contributed by atoms with Crippen molar-refractivity contribution in [3.05, 3.63) is 65.9 Å². The molecule has 0 fully saturated rings. The molecule has 2 aromatic carbocycles. The van der Waals surface area contributed by atoms with Crippen molar-refractivity contribution in [2.75, 3.05) is 12.4 Å². The number of alkyl halides is 3. The molecule has 1 heterocycles. The van der Waals surface area contributed by atoms with Crippen LogP contribution in [0.4, 0.5) is 23.2 Å². The summed E-state index contributed by atoms with van der Waals surface area (Å²) in [6.07, 6.45) is -1.04. The summed E-state index contributed by atoms with van der Waals surface area (Å²) in [7, 11) is 3.66. The predicted octanol–water partition coefficient (Wildman–Crippen LogP) is 5.08. The Bertz CT molecular complexity index is 969. The maximum atomic E-state index is 14.1. The van der Waals surface area contributed by atoms with Crippen LogP contribution in [0.15, 0.2) is 53.8 Å². The van der Waals surface area contributed by atoms with E-state index in [0.29, 0.717) is 11.8 Å². The average Bonchev–Trinajstić information content (AvgIpc) is 3.07. The molecule has 0 aliphatic carbocycles. The molecule has 9 heteroatoms. The van der Waals surface area contributed by atoms with Crippen LogP contribution in [0.3, 0.4) is 0 Å². The minimum atomic E-state index is -4.57. The van der Waals surface area contributed by atoms with Gasteiger partial charge in [-0.3, -0.25) is 4.72 Å². The van der Waals surface area contributed by atoms with Crippen LogP contribution in [0, 0.1) is 5.82 Å². The summed E-state index contributed by atoms with van der Waals surface area (Å²) in [6.45, 7) is 0.0440. The van der Waals surface area contributed by atoms with E-state index in [1.165, 1.54) is 11.9 Å². The molecule has 0 radical (unpaired) electrons. The summed E-state index contributed by atoms with van der Waals surface area (Å²) in [5.74, 6) is -0.899. The molecule has 28 heavy (non-hydrogen) atoms. The van der Waals surface area contributed by atoms with E-state index < -0.39 is 17.6 Å². The lowest BCUT2D eigenvalue weighted by Crippen LogP contribution is -2.08. The molecule has 2 N–H and O–H groups in total. The molecule has 1 aromatic heterocycles. The normalized spacial score (nSPS) is 11.6. The molecule has 0 aliphatic rings. The van der Waals surface area contributed by atoms with E-state index in [1.807, 2.05) is 43.1 Å². The molecule has 0 amide bonds. The number of nitrogens with one attached hydrogen (secondary N) is 2. The van der Waals surface area contributed by atoms with Gasteiger partial charge in [-0.2, -0.15) is 13.2 Å². The summed E-state index contributed by atoms with van der Waals surface area (Å²) >= 11 is 1.44. The standard InChI is InChI=1S/C19H18F4N4S/c1-24-28-14-5-6-17(15(8-14)18-10-27(2)11-26-18)25-9-12-3-4-13(7-16(12)20)19(21,22)23/h3-8,10-11,24-25H,9H2,1-2H3. The Labute approximate surface area is 164 Å². The Hall–Kier alpha value is -2.52. The molecule has 3 rings (SSSR count). The molecule has 0 unspecified atom stereocenters. The van der Waals surface area contributed by atoms with E-state index in [1.54, 1.807) is 6.33 Å². The molecule has 0 saturated carbocycles. The van der Waals surface area contributed by atoms with Gasteiger partial charge < -0.3 is 9.88 Å². The highest BCUT2D eigenvalue weighted by molar-refractivity contribution is 7.97. The molecule has 4 nitrogen and oxygen atoms in total. The van der Waals surface area contributed by atoms with Gasteiger partial charge in [0.25, 0.3) is 0 Å². The number of hydrogen-bond acceptors (Lipinski definition) is 4. The fraction of sp³-hybridized carbons (Fsp3) is 0.211. The van der Waals surface area contributed by atoms with Gasteiger partial charge in [-0.1, -0.05) is 6.07 Å². The van der Waals surface area contributed by atoms with E-state index in [9.17, 15) is 17.6 Å². The zero-order valence-corrected chi connectivity index (χ0v) is 16.0. The smallest absolute Gasteiger partial charge is 0.380 e. The minimum absolute atomic E-state index is 0.0440. The lowest BCUT2D eigenvalue weighted by molar-refractivity contribution is -0.137. The van der Waals surface area contributed by atoms with Crippen molar-refractivity contribution in [2.24, 2.45) is 7.05 Å². The topological polar surface area (TPSA) is 41.9 Å². The monoisotopic (exact) mass is 410 g/mol. The first-order valence-electron chi connectivity index (χ1n) is 8.33. The molecule has 0 saturated heterocycles. The zero-order valence-electron chi connectivity index (χ0n) is 15.1. The second-order valence-corrected chi connectivity index (χ2v) is 7.18. The number of benzene rings is 2. The molecule has 0 bridgehead atoms. The number of imidazole rings is 1. The van der Waals surface area contributed by atoms with Crippen molar-refractivity contribution >= 4 is 17.6 Å². The largest absolute Gasteiger partial charge is 0.416 e. The molecule has 0 aliphatic heterocycles. The van der Waals surface area contributed by atoms with Crippen molar-refractivity contribution in [2.45, 2.75) is 17.6 Å². The van der Waals surface area contributed by atoms with Crippen LogP contribution < -0.4 is 10.0 Å². The molecule has 148 valence electrons. The van der Waals surface area contributed by atoms with Gasteiger partial charge in [-0.15, -0.1) is 0 Å². The van der Waals surface area contributed by atoms with Crippen molar-refractivity contribution in [1.29, 1.82) is 0 Å². The lowest BCUT2D eigenvalue weighted by Gasteiger charge is -2.14. The number of aryl methyl sites for hydroxylation is 1. The Morgan fingerprint density at radius 3 is 2.54 bits per heavy atom. The van der Waals surface area contributed by atoms with Crippen LogP contribution in [0.1, 0.15) is 11.1 Å². The van der Waals surface area contributed by atoms with Crippen molar-refractivity contribution in [1.82, 2.24) is 14.3 Å². The highest BCUT2D eigenvalue weighted by Crippen LogP contribution is 2.32. The third kappa shape index (κ3) is 4.66. The van der Waals surface area contributed by atoms with Gasteiger partial charge in [-0.25, -0.2) is 9.37 Å². The minimum Gasteiger partial charge on any atom is -0.380 e. The Kier molecular flexibility index (Phi) is 5.95. The summed E-state index contributed by atoms with van der Waals surface area (Å²) < 4.78 is 57.0. The number of aromatic nitrogens is 2. The van der Waals surface area contributed by atoms with E-state index in [2.05, 4.69) is 15.0 Å². The zero-order chi connectivity index (χ0) is 20.3. The Morgan fingerprint density at radius 1 is 1.14 bits per heavy atom. The van der Waals surface area contributed by atoms with Gasteiger partial charge in [0.1, 0.15) is 5.82 Å². The molecule has 0 spiro atoms. The predicted molar refractivity (Wildman–Crippen MR) is 102 cm³/mol. The van der Waals surface area contributed by atoms with Gasteiger partial charge in [0.2, 0.25) is 0 Å². The van der Waals surface area contributed by atoms with E-state index in [4.69, 9.17) is 0 Å². The van der Waals surface area contributed by atoms with Crippen molar-refractivity contribution in [3.63, 3.8) is 0 Å². The van der Waals surface area contributed by atoms with Crippen molar-refractivity contribution < 1.29 is 17.6 Å². The highest BCUT2D eigenvalue weighted by Gasteiger charge is 2.31. The van der Waals surface area contributed by atoms with Crippen LogP contribution in [-0.4, -0.2) is 16.6 Å². The van der Waals surface area contributed by atoms with Crippen molar-refractivity contribution in [3.8, 4) is 11.3 Å². The van der Waals surface area contributed by atoms with Gasteiger partial charge in [0.05, 0.1) is 17.6 Å². The fourth-order valence-corrected chi connectivity index (χ4v) is 3.23. The molecule has 3 aromatic rings. The van der Waals surface area contributed by atoms with E-state index >= 15 is 0 Å². The fourth-order valence-electron chi connectivity index (χ4n) is 2.68. The van der Waals surface area contributed by atoms with E-state index in [0.717, 1.165) is 28.3 Å². The van der Waals surface area contributed by atoms with Gasteiger partial charge >= 0.3 is 6.18 Å². The second-order valence-electron chi connectivity index (χ2n) is 6.10. The van der Waals surface area contributed by atoms with Crippen LogP contribution in [0.5, 0.6) is 0 Å². The summed E-state index contributed by atoms with van der Waals surface area (Å²) in [6, 6.07) is 8.21. The lowest BCUT2D eigenvalue weighted by atomic mass is 10.1. The molecular formula is C19H18F4N4S. The molecule has 0 atom stereocenters. The Balaban J connectivity index is 1.86. The quantitative estimate of drug-likeness (QED) is 0.439. The average molecular weight is 410 g/mol.